The van der Waals surface area contributed by atoms with Gasteiger partial charge in [0.2, 0.25) is 10.0 Å². The lowest BCUT2D eigenvalue weighted by molar-refractivity contribution is 0.193. The molecule has 3 rings (SSSR count). The summed E-state index contributed by atoms with van der Waals surface area (Å²) in [7, 11) is -3.44. The van der Waals surface area contributed by atoms with Gasteiger partial charge in [0.05, 0.1) is 4.90 Å². The molecular weight excluding hydrogens is 328 g/mol. The predicted octanol–water partition coefficient (Wildman–Crippen LogP) is 2.78. The Bertz CT molecular complexity index is 766. The monoisotopic (exact) mass is 350 g/mol. The molecule has 0 aliphatic carbocycles. The van der Waals surface area contributed by atoms with Crippen molar-refractivity contribution < 1.29 is 8.42 Å². The van der Waals surface area contributed by atoms with Crippen LogP contribution >= 0.6 is 11.3 Å². The van der Waals surface area contributed by atoms with Gasteiger partial charge in [0.15, 0.2) is 0 Å². The van der Waals surface area contributed by atoms with Gasteiger partial charge in [0, 0.05) is 30.6 Å². The van der Waals surface area contributed by atoms with Gasteiger partial charge in [-0.05, 0) is 49.4 Å². The Balaban J connectivity index is 1.60. The fourth-order valence-electron chi connectivity index (χ4n) is 2.81. The van der Waals surface area contributed by atoms with Gasteiger partial charge in [-0.1, -0.05) is 17.7 Å². The highest BCUT2D eigenvalue weighted by Gasteiger charge is 2.23. The normalized spacial score (nSPS) is 17.0. The Morgan fingerprint density at radius 1 is 1.26 bits per heavy atom. The van der Waals surface area contributed by atoms with E-state index in [2.05, 4.69) is 28.0 Å². The molecule has 1 aromatic carbocycles. The summed E-state index contributed by atoms with van der Waals surface area (Å²) < 4.78 is 27.5. The summed E-state index contributed by atoms with van der Waals surface area (Å²) in [6.45, 7) is 6.35. The third kappa shape index (κ3) is 3.83. The number of nitrogens with zero attached hydrogens (tertiary/aromatic N) is 1. The van der Waals surface area contributed by atoms with E-state index in [-0.39, 0.29) is 6.04 Å². The number of hydrogen-bond donors (Lipinski definition) is 1. The maximum atomic E-state index is 12.4. The molecule has 0 spiro atoms. The van der Waals surface area contributed by atoms with E-state index in [1.165, 1.54) is 10.4 Å². The summed E-state index contributed by atoms with van der Waals surface area (Å²) in [4.78, 5) is 4.13. The third-order valence-electron chi connectivity index (χ3n) is 4.36. The van der Waals surface area contributed by atoms with Crippen LogP contribution in [0.1, 0.15) is 22.9 Å². The number of benzene rings is 1. The summed E-state index contributed by atoms with van der Waals surface area (Å²) >= 11 is 1.82. The van der Waals surface area contributed by atoms with Crippen LogP contribution in [0.2, 0.25) is 0 Å². The Morgan fingerprint density at radius 3 is 2.74 bits per heavy atom. The van der Waals surface area contributed by atoms with Crippen LogP contribution in [-0.2, 0) is 23.0 Å². The first-order valence-electron chi connectivity index (χ1n) is 7.81. The third-order valence-corrected chi connectivity index (χ3v) is 6.82. The summed E-state index contributed by atoms with van der Waals surface area (Å²) in [5, 5.41) is 2.14. The molecule has 1 N–H and O–H groups in total. The van der Waals surface area contributed by atoms with E-state index in [1.54, 1.807) is 12.1 Å². The summed E-state index contributed by atoms with van der Waals surface area (Å²) in [5.41, 5.74) is 2.44. The zero-order valence-electron chi connectivity index (χ0n) is 13.5. The van der Waals surface area contributed by atoms with Crippen molar-refractivity contribution in [3.05, 3.63) is 51.7 Å². The van der Waals surface area contributed by atoms with E-state index in [0.29, 0.717) is 11.4 Å². The molecule has 0 amide bonds. The van der Waals surface area contributed by atoms with Crippen molar-refractivity contribution in [2.75, 3.05) is 13.1 Å². The van der Waals surface area contributed by atoms with Crippen molar-refractivity contribution in [2.24, 2.45) is 0 Å². The molecule has 0 fully saturated rings. The maximum Gasteiger partial charge on any atom is 0.240 e. The standard InChI is InChI=1S/C17H22N2O2S2/c1-13-3-5-16(6-4-13)23(20,21)18-11-14(2)19-9-7-17-15(12-19)8-10-22-17/h3-6,8,10,14,18H,7,9,11-12H2,1-2H3/t14-/m1/s1. The van der Waals surface area contributed by atoms with Gasteiger partial charge in [-0.3, -0.25) is 4.90 Å². The van der Waals surface area contributed by atoms with Crippen LogP contribution in [0.5, 0.6) is 0 Å². The van der Waals surface area contributed by atoms with E-state index < -0.39 is 10.0 Å². The fourth-order valence-corrected chi connectivity index (χ4v) is 4.82. The van der Waals surface area contributed by atoms with Crippen LogP contribution in [-0.4, -0.2) is 32.4 Å². The molecular formula is C17H22N2O2S2. The largest absolute Gasteiger partial charge is 0.295 e. The number of aryl methyl sites for hydroxylation is 1. The molecule has 1 aliphatic rings. The van der Waals surface area contributed by atoms with Crippen molar-refractivity contribution in [3.63, 3.8) is 0 Å². The zero-order valence-corrected chi connectivity index (χ0v) is 15.1. The first-order chi connectivity index (χ1) is 11.0. The molecule has 23 heavy (non-hydrogen) atoms. The van der Waals surface area contributed by atoms with Crippen LogP contribution < -0.4 is 4.72 Å². The van der Waals surface area contributed by atoms with Crippen LogP contribution in [0, 0.1) is 6.92 Å². The van der Waals surface area contributed by atoms with E-state index in [1.807, 2.05) is 30.4 Å². The van der Waals surface area contributed by atoms with Crippen LogP contribution in [0.3, 0.4) is 0 Å². The first kappa shape index (κ1) is 16.6. The van der Waals surface area contributed by atoms with E-state index >= 15 is 0 Å². The predicted molar refractivity (Wildman–Crippen MR) is 94.3 cm³/mol. The van der Waals surface area contributed by atoms with E-state index in [0.717, 1.165) is 25.1 Å². The maximum absolute atomic E-state index is 12.4. The minimum Gasteiger partial charge on any atom is -0.295 e. The van der Waals surface area contributed by atoms with Gasteiger partial charge in [0.25, 0.3) is 0 Å². The van der Waals surface area contributed by atoms with Crippen molar-refractivity contribution in [1.82, 2.24) is 9.62 Å². The minimum absolute atomic E-state index is 0.170. The quantitative estimate of drug-likeness (QED) is 0.902. The van der Waals surface area contributed by atoms with E-state index in [9.17, 15) is 8.42 Å². The van der Waals surface area contributed by atoms with Crippen molar-refractivity contribution >= 4 is 21.4 Å². The number of sulfonamides is 1. The summed E-state index contributed by atoms with van der Waals surface area (Å²) in [6, 6.07) is 9.29. The van der Waals surface area contributed by atoms with Crippen LogP contribution in [0.15, 0.2) is 40.6 Å². The van der Waals surface area contributed by atoms with Crippen LogP contribution in [0.25, 0.3) is 0 Å². The second-order valence-corrected chi connectivity index (χ2v) is 8.87. The Hall–Kier alpha value is -1.21. The molecule has 2 aromatic rings. The molecule has 1 aliphatic heterocycles. The molecule has 0 radical (unpaired) electrons. The van der Waals surface area contributed by atoms with Gasteiger partial charge in [-0.15, -0.1) is 11.3 Å². The highest BCUT2D eigenvalue weighted by Crippen LogP contribution is 2.25. The minimum atomic E-state index is -3.44. The lowest BCUT2D eigenvalue weighted by Gasteiger charge is -2.32. The zero-order chi connectivity index (χ0) is 16.4. The highest BCUT2D eigenvalue weighted by atomic mass is 32.2. The molecule has 0 bridgehead atoms. The lowest BCUT2D eigenvalue weighted by Crippen LogP contribution is -2.44. The number of fused-ring (bicyclic) bond motifs is 1. The SMILES string of the molecule is Cc1ccc(S(=O)(=O)NC[C@@H](C)N2CCc3sccc3C2)cc1. The molecule has 2 heterocycles. The highest BCUT2D eigenvalue weighted by molar-refractivity contribution is 7.89. The molecule has 0 unspecified atom stereocenters. The molecule has 4 nitrogen and oxygen atoms in total. The fraction of sp³-hybridized carbons (Fsp3) is 0.412. The van der Waals surface area contributed by atoms with Crippen molar-refractivity contribution in [3.8, 4) is 0 Å². The van der Waals surface area contributed by atoms with Crippen molar-refractivity contribution in [1.29, 1.82) is 0 Å². The molecule has 0 saturated heterocycles. The smallest absolute Gasteiger partial charge is 0.240 e. The molecule has 1 atom stereocenters. The van der Waals surface area contributed by atoms with Crippen molar-refractivity contribution in [2.45, 2.75) is 37.8 Å². The number of thiophene rings is 1. The molecule has 0 saturated carbocycles. The molecule has 6 heteroatoms. The summed E-state index contributed by atoms with van der Waals surface area (Å²) in [5.74, 6) is 0. The van der Waals surface area contributed by atoms with Crippen LogP contribution in [0.4, 0.5) is 0 Å². The number of nitrogens with one attached hydrogen (secondary N) is 1. The summed E-state index contributed by atoms with van der Waals surface area (Å²) in [6.07, 6.45) is 1.06. The average molecular weight is 351 g/mol. The number of rotatable bonds is 5. The van der Waals surface area contributed by atoms with Gasteiger partial charge < -0.3 is 0 Å². The Morgan fingerprint density at radius 2 is 2.00 bits per heavy atom. The topological polar surface area (TPSA) is 49.4 Å². The van der Waals surface area contributed by atoms with Gasteiger partial charge in [-0.2, -0.15) is 0 Å². The number of hydrogen-bond acceptors (Lipinski definition) is 4. The van der Waals surface area contributed by atoms with Gasteiger partial charge in [0.1, 0.15) is 0 Å². The Kier molecular flexibility index (Phi) is 4.87. The molecule has 1 aromatic heterocycles. The second-order valence-electron chi connectivity index (χ2n) is 6.10. The van der Waals surface area contributed by atoms with E-state index in [4.69, 9.17) is 0 Å². The molecule has 124 valence electrons. The Labute approximate surface area is 142 Å². The lowest BCUT2D eigenvalue weighted by atomic mass is 10.1. The van der Waals surface area contributed by atoms with Gasteiger partial charge >= 0.3 is 0 Å². The second kappa shape index (κ2) is 6.73. The first-order valence-corrected chi connectivity index (χ1v) is 10.2. The average Bonchev–Trinajstić information content (AvgIpc) is 3.00. The van der Waals surface area contributed by atoms with Gasteiger partial charge in [-0.25, -0.2) is 13.1 Å².